The van der Waals surface area contributed by atoms with Gasteiger partial charge in [0.25, 0.3) is 5.56 Å². The van der Waals surface area contributed by atoms with Gasteiger partial charge in [-0.3, -0.25) is 14.3 Å². The number of fused-ring (bicyclic) bond motifs is 1. The molecule has 0 atom stereocenters. The van der Waals surface area contributed by atoms with Crippen LogP contribution < -0.4 is 16.6 Å². The molecule has 7 nitrogen and oxygen atoms in total. The van der Waals surface area contributed by atoms with Crippen LogP contribution in [0, 0.1) is 6.92 Å². The van der Waals surface area contributed by atoms with Gasteiger partial charge in [0.05, 0.1) is 5.69 Å². The monoisotopic (exact) mass is 448 g/mol. The van der Waals surface area contributed by atoms with Crippen molar-refractivity contribution in [1.82, 2.24) is 19.5 Å². The largest absolute Gasteiger partial charge is 0.357 e. The van der Waals surface area contributed by atoms with Crippen molar-refractivity contribution in [3.05, 3.63) is 69.7 Å². The van der Waals surface area contributed by atoms with Gasteiger partial charge < -0.3 is 11.1 Å². The van der Waals surface area contributed by atoms with E-state index in [4.69, 9.17) is 17.3 Å². The topological polar surface area (TPSA) is 98.7 Å². The number of anilines is 1. The molecule has 3 heterocycles. The highest BCUT2D eigenvalue weighted by Crippen LogP contribution is 2.31. The zero-order valence-corrected chi connectivity index (χ0v) is 18.9. The summed E-state index contributed by atoms with van der Waals surface area (Å²) in [6.45, 7) is 3.04. The van der Waals surface area contributed by atoms with Gasteiger partial charge in [0.2, 0.25) is 5.95 Å². The summed E-state index contributed by atoms with van der Waals surface area (Å²) in [6.07, 6.45) is 3.32. The van der Waals surface area contributed by atoms with Crippen molar-refractivity contribution in [3.8, 4) is 22.4 Å². The van der Waals surface area contributed by atoms with Gasteiger partial charge in [-0.25, -0.2) is 4.98 Å². The first kappa shape index (κ1) is 21.9. The number of halogens is 1. The van der Waals surface area contributed by atoms with Crippen LogP contribution in [-0.2, 0) is 6.54 Å². The third-order valence-electron chi connectivity index (χ3n) is 5.33. The first-order chi connectivity index (χ1) is 15.5. The van der Waals surface area contributed by atoms with Crippen LogP contribution in [0.25, 0.3) is 33.4 Å². The Morgan fingerprint density at radius 2 is 1.94 bits per heavy atom. The second-order valence-electron chi connectivity index (χ2n) is 7.59. The van der Waals surface area contributed by atoms with Gasteiger partial charge in [0.15, 0.2) is 0 Å². The summed E-state index contributed by atoms with van der Waals surface area (Å²) < 4.78 is 1.69. The van der Waals surface area contributed by atoms with Crippen LogP contribution in [0.2, 0.25) is 5.02 Å². The van der Waals surface area contributed by atoms with Crippen molar-refractivity contribution < 1.29 is 0 Å². The van der Waals surface area contributed by atoms with E-state index in [1.54, 1.807) is 17.8 Å². The molecule has 0 saturated carbocycles. The maximum absolute atomic E-state index is 13.5. The number of pyridine rings is 2. The van der Waals surface area contributed by atoms with Gasteiger partial charge in [-0.2, -0.15) is 4.98 Å². The second-order valence-corrected chi connectivity index (χ2v) is 8.00. The van der Waals surface area contributed by atoms with Crippen LogP contribution >= 0.6 is 11.6 Å². The average Bonchev–Trinajstić information content (AvgIpc) is 2.80. The lowest BCUT2D eigenvalue weighted by molar-refractivity contribution is 0.612. The van der Waals surface area contributed by atoms with E-state index in [1.807, 2.05) is 49.4 Å². The summed E-state index contributed by atoms with van der Waals surface area (Å²) in [5.74, 6) is 0.463. The Hall–Kier alpha value is -3.29. The fourth-order valence-corrected chi connectivity index (χ4v) is 3.97. The summed E-state index contributed by atoms with van der Waals surface area (Å²) in [5, 5.41) is 4.19. The number of aromatic nitrogens is 4. The minimum Gasteiger partial charge on any atom is -0.357 e. The zero-order chi connectivity index (χ0) is 22.7. The smallest absolute Gasteiger partial charge is 0.260 e. The van der Waals surface area contributed by atoms with E-state index in [0.717, 1.165) is 35.2 Å². The third-order valence-corrected chi connectivity index (χ3v) is 5.64. The van der Waals surface area contributed by atoms with E-state index in [-0.39, 0.29) is 5.56 Å². The Morgan fingerprint density at radius 1 is 1.09 bits per heavy atom. The predicted octanol–water partition coefficient (Wildman–Crippen LogP) is 4.26. The molecule has 0 fully saturated rings. The van der Waals surface area contributed by atoms with E-state index in [2.05, 4.69) is 20.3 Å². The van der Waals surface area contributed by atoms with E-state index in [1.165, 1.54) is 0 Å². The number of benzene rings is 1. The molecule has 0 bridgehead atoms. The summed E-state index contributed by atoms with van der Waals surface area (Å²) in [4.78, 5) is 26.9. The molecule has 0 aliphatic rings. The number of nitrogens with zero attached hydrogens (tertiary/aromatic N) is 4. The fraction of sp³-hybridized carbons (Fsp3) is 0.250. The summed E-state index contributed by atoms with van der Waals surface area (Å²) in [7, 11) is 1.75. The van der Waals surface area contributed by atoms with E-state index in [9.17, 15) is 4.79 Å². The number of hydrogen-bond donors (Lipinski definition) is 2. The molecule has 0 unspecified atom stereocenters. The maximum atomic E-state index is 13.5. The quantitative estimate of drug-likeness (QED) is 0.410. The second kappa shape index (κ2) is 9.46. The molecule has 0 aliphatic heterocycles. The molecule has 0 amide bonds. The number of unbranched alkanes of at least 4 members (excludes halogenated alkanes) is 1. The molecule has 0 spiro atoms. The van der Waals surface area contributed by atoms with E-state index < -0.39 is 0 Å². The maximum Gasteiger partial charge on any atom is 0.260 e. The summed E-state index contributed by atoms with van der Waals surface area (Å²) in [6, 6.07) is 13.3. The molecule has 3 N–H and O–H groups in total. The Bertz CT molecular complexity index is 1330. The van der Waals surface area contributed by atoms with E-state index in [0.29, 0.717) is 40.8 Å². The van der Waals surface area contributed by atoms with Crippen LogP contribution in [0.3, 0.4) is 0 Å². The van der Waals surface area contributed by atoms with Crippen molar-refractivity contribution in [2.45, 2.75) is 26.3 Å². The zero-order valence-electron chi connectivity index (χ0n) is 18.1. The number of nitrogens with one attached hydrogen (secondary N) is 1. The first-order valence-electron chi connectivity index (χ1n) is 10.5. The molecule has 0 aliphatic carbocycles. The number of aryl methyl sites for hydroxylation is 2. The highest BCUT2D eigenvalue weighted by atomic mass is 35.5. The van der Waals surface area contributed by atoms with Crippen LogP contribution in [0.1, 0.15) is 18.5 Å². The molecule has 3 aromatic heterocycles. The standard InChI is InChI=1S/C24H25ClN6O/c1-15-6-5-7-21(29-15)16-8-9-18(20(25)13-16)19-12-17-14-28-24(27-2)30-22(17)31(23(19)32)11-4-3-10-26/h5-9,12-14H,3-4,10-11,26H2,1-2H3,(H,27,28,30). The summed E-state index contributed by atoms with van der Waals surface area (Å²) in [5.41, 5.74) is 9.95. The Morgan fingerprint density at radius 3 is 2.66 bits per heavy atom. The fourth-order valence-electron chi connectivity index (χ4n) is 3.69. The van der Waals surface area contributed by atoms with Gasteiger partial charge in [0.1, 0.15) is 5.65 Å². The minimum atomic E-state index is -0.140. The Labute approximate surface area is 191 Å². The normalized spacial score (nSPS) is 11.1. The van der Waals surface area contributed by atoms with Crippen molar-refractivity contribution in [1.29, 1.82) is 0 Å². The molecular weight excluding hydrogens is 424 g/mol. The van der Waals surface area contributed by atoms with Crippen molar-refractivity contribution in [2.24, 2.45) is 5.73 Å². The SMILES string of the molecule is CNc1ncc2cc(-c3ccc(-c4cccc(C)n4)cc3Cl)c(=O)n(CCCCN)c2n1. The molecule has 4 rings (SSSR count). The molecule has 0 saturated heterocycles. The van der Waals surface area contributed by atoms with Crippen molar-refractivity contribution in [3.63, 3.8) is 0 Å². The molecule has 164 valence electrons. The van der Waals surface area contributed by atoms with Crippen molar-refractivity contribution >= 4 is 28.6 Å². The van der Waals surface area contributed by atoms with Crippen molar-refractivity contribution in [2.75, 3.05) is 18.9 Å². The average molecular weight is 449 g/mol. The van der Waals surface area contributed by atoms with Gasteiger partial charge in [-0.15, -0.1) is 0 Å². The molecule has 4 aromatic rings. The number of nitrogens with two attached hydrogens (primary N) is 1. The van der Waals surface area contributed by atoms with Crippen LogP contribution in [-0.4, -0.2) is 33.1 Å². The highest BCUT2D eigenvalue weighted by molar-refractivity contribution is 6.33. The molecule has 32 heavy (non-hydrogen) atoms. The summed E-state index contributed by atoms with van der Waals surface area (Å²) >= 11 is 6.67. The Kier molecular flexibility index (Phi) is 6.48. The van der Waals surface area contributed by atoms with Gasteiger partial charge >= 0.3 is 0 Å². The van der Waals surface area contributed by atoms with Gasteiger partial charge in [-0.1, -0.05) is 29.8 Å². The highest BCUT2D eigenvalue weighted by Gasteiger charge is 2.16. The van der Waals surface area contributed by atoms with E-state index >= 15 is 0 Å². The van der Waals surface area contributed by atoms with Gasteiger partial charge in [0, 0.05) is 52.6 Å². The van der Waals surface area contributed by atoms with Gasteiger partial charge in [-0.05, 0) is 50.6 Å². The molecule has 0 radical (unpaired) electrons. The lowest BCUT2D eigenvalue weighted by Crippen LogP contribution is -2.24. The lowest BCUT2D eigenvalue weighted by Gasteiger charge is -2.14. The number of rotatable bonds is 7. The Balaban J connectivity index is 1.85. The minimum absolute atomic E-state index is 0.140. The van der Waals surface area contributed by atoms with Crippen LogP contribution in [0.5, 0.6) is 0 Å². The molecule has 1 aromatic carbocycles. The molecule has 8 heteroatoms. The number of hydrogen-bond acceptors (Lipinski definition) is 6. The molecular formula is C24H25ClN6O. The first-order valence-corrected chi connectivity index (χ1v) is 10.9. The lowest BCUT2D eigenvalue weighted by atomic mass is 10.0. The predicted molar refractivity (Wildman–Crippen MR) is 130 cm³/mol. The van der Waals surface area contributed by atoms with Crippen LogP contribution in [0.15, 0.2) is 53.5 Å². The van der Waals surface area contributed by atoms with Crippen LogP contribution in [0.4, 0.5) is 5.95 Å². The third kappa shape index (κ3) is 4.35.